The van der Waals surface area contributed by atoms with Crippen molar-refractivity contribution in [1.82, 2.24) is 9.80 Å². The molecule has 2 fully saturated rings. The Labute approximate surface area is 179 Å². The quantitative estimate of drug-likeness (QED) is 0.798. The molecule has 1 aliphatic carbocycles. The van der Waals surface area contributed by atoms with E-state index in [1.165, 1.54) is 17.2 Å². The predicted molar refractivity (Wildman–Crippen MR) is 111 cm³/mol. The highest BCUT2D eigenvalue weighted by atomic mass is 19.1. The molecule has 1 unspecified atom stereocenters. The van der Waals surface area contributed by atoms with Gasteiger partial charge in [-0.3, -0.25) is 4.90 Å². The number of halogens is 2. The number of anilines is 1. The van der Waals surface area contributed by atoms with Crippen molar-refractivity contribution in [3.05, 3.63) is 65.2 Å². The third-order valence-electron chi connectivity index (χ3n) is 6.35. The third-order valence-corrected chi connectivity index (χ3v) is 6.35. The molecule has 0 bridgehead atoms. The number of nitrogens with zero attached hydrogens (tertiary/aromatic N) is 2. The maximum Gasteiger partial charge on any atom is 0.322 e. The maximum absolute atomic E-state index is 13.9. The van der Waals surface area contributed by atoms with E-state index in [-0.39, 0.29) is 12.2 Å². The van der Waals surface area contributed by atoms with Crippen molar-refractivity contribution in [3.8, 4) is 0 Å². The van der Waals surface area contributed by atoms with E-state index in [1.807, 2.05) is 0 Å². The summed E-state index contributed by atoms with van der Waals surface area (Å²) in [6.07, 6.45) is 2.00. The summed E-state index contributed by atoms with van der Waals surface area (Å²) < 4.78 is 39.1. The van der Waals surface area contributed by atoms with Gasteiger partial charge >= 0.3 is 6.03 Å². The van der Waals surface area contributed by atoms with Crippen LogP contribution in [-0.2, 0) is 22.3 Å². The van der Waals surface area contributed by atoms with Crippen LogP contribution in [0.2, 0.25) is 0 Å². The summed E-state index contributed by atoms with van der Waals surface area (Å²) in [6, 6.07) is 11.5. The molecule has 1 N–H and O–H groups in total. The predicted octanol–water partition coefficient (Wildman–Crippen LogP) is 3.02. The van der Waals surface area contributed by atoms with Gasteiger partial charge in [0.05, 0.1) is 32.0 Å². The number of carbonyl (C=O) groups excluding carboxylic acids is 1. The molecule has 0 aromatic heterocycles. The molecule has 6 nitrogen and oxygen atoms in total. The highest BCUT2D eigenvalue weighted by molar-refractivity contribution is 5.89. The number of hydrogen-bond donors (Lipinski definition) is 1. The molecule has 2 amide bonds. The number of hydrogen-bond acceptors (Lipinski definition) is 4. The van der Waals surface area contributed by atoms with E-state index < -0.39 is 23.5 Å². The van der Waals surface area contributed by atoms with Crippen LogP contribution in [0.5, 0.6) is 0 Å². The minimum Gasteiger partial charge on any atom is -0.346 e. The van der Waals surface area contributed by atoms with Gasteiger partial charge in [-0.05, 0) is 36.1 Å². The van der Waals surface area contributed by atoms with Crippen LogP contribution in [0, 0.1) is 11.6 Å². The maximum atomic E-state index is 13.9. The summed E-state index contributed by atoms with van der Waals surface area (Å²) in [5.74, 6) is -2.40. The second-order valence-corrected chi connectivity index (χ2v) is 8.38. The van der Waals surface area contributed by atoms with E-state index in [4.69, 9.17) is 9.47 Å². The zero-order valence-electron chi connectivity index (χ0n) is 17.2. The first-order chi connectivity index (χ1) is 15.0. The van der Waals surface area contributed by atoms with E-state index >= 15 is 0 Å². The molecule has 8 heteroatoms. The van der Waals surface area contributed by atoms with Gasteiger partial charge < -0.3 is 19.7 Å². The molecular weight excluding hydrogens is 404 g/mol. The first-order valence-electron chi connectivity index (χ1n) is 10.6. The van der Waals surface area contributed by atoms with Gasteiger partial charge in [0.2, 0.25) is 0 Å². The summed E-state index contributed by atoms with van der Waals surface area (Å²) in [5.41, 5.74) is 2.72. The van der Waals surface area contributed by atoms with Crippen molar-refractivity contribution in [2.24, 2.45) is 0 Å². The molecule has 2 aromatic rings. The lowest BCUT2D eigenvalue weighted by Gasteiger charge is -2.48. The number of benzene rings is 2. The summed E-state index contributed by atoms with van der Waals surface area (Å²) in [7, 11) is 0. The molecule has 2 heterocycles. The lowest BCUT2D eigenvalue weighted by molar-refractivity contribution is -0.289. The van der Waals surface area contributed by atoms with Gasteiger partial charge in [-0.2, -0.15) is 0 Å². The fraction of sp³-hybridized carbons (Fsp3) is 0.435. The van der Waals surface area contributed by atoms with Crippen molar-refractivity contribution in [2.45, 2.75) is 24.7 Å². The first kappa shape index (κ1) is 20.4. The van der Waals surface area contributed by atoms with Crippen molar-refractivity contribution in [3.63, 3.8) is 0 Å². The Balaban J connectivity index is 1.25. The topological polar surface area (TPSA) is 54.0 Å². The molecule has 2 aliphatic heterocycles. The van der Waals surface area contributed by atoms with E-state index in [0.29, 0.717) is 32.3 Å². The van der Waals surface area contributed by atoms with Crippen LogP contribution in [0.25, 0.3) is 0 Å². The van der Waals surface area contributed by atoms with Crippen LogP contribution in [0.15, 0.2) is 42.5 Å². The second-order valence-electron chi connectivity index (χ2n) is 8.38. The monoisotopic (exact) mass is 429 g/mol. The Morgan fingerprint density at radius 1 is 1.00 bits per heavy atom. The summed E-state index contributed by atoms with van der Waals surface area (Å²) in [5, 5.41) is 2.53. The minimum absolute atomic E-state index is 0.0538. The standard InChI is InChI=1S/C23H25F2N3O3/c24-18-5-6-21(20(25)13-18)26-22(29)28-8-10-31-23(15-28)14-27(7-9-30-23)19-11-16-3-1-2-4-17(16)12-19/h1-6,13,19H,7-12,14-15H2,(H,26,29). The number of carbonyl (C=O) groups is 1. The summed E-state index contributed by atoms with van der Waals surface area (Å²) in [4.78, 5) is 16.7. The summed E-state index contributed by atoms with van der Waals surface area (Å²) in [6.45, 7) is 2.86. The lowest BCUT2D eigenvalue weighted by atomic mass is 10.1. The Bertz CT molecular complexity index is 959. The third kappa shape index (κ3) is 4.15. The van der Waals surface area contributed by atoms with Gasteiger partial charge in [0.25, 0.3) is 0 Å². The Kier molecular flexibility index (Phi) is 5.37. The fourth-order valence-corrected chi connectivity index (χ4v) is 4.79. The highest BCUT2D eigenvalue weighted by Crippen LogP contribution is 2.31. The number of ether oxygens (including phenoxy) is 2. The lowest BCUT2D eigenvalue weighted by Crippen LogP contribution is -2.64. The van der Waals surface area contributed by atoms with E-state index in [0.717, 1.165) is 31.5 Å². The van der Waals surface area contributed by atoms with Crippen molar-refractivity contribution in [1.29, 1.82) is 0 Å². The highest BCUT2D eigenvalue weighted by Gasteiger charge is 2.45. The largest absolute Gasteiger partial charge is 0.346 e. The Morgan fingerprint density at radius 3 is 2.42 bits per heavy atom. The average molecular weight is 429 g/mol. The van der Waals surface area contributed by atoms with Crippen LogP contribution >= 0.6 is 0 Å². The van der Waals surface area contributed by atoms with Crippen molar-refractivity contribution >= 4 is 11.7 Å². The smallest absolute Gasteiger partial charge is 0.322 e. The molecule has 1 spiro atoms. The number of morpholine rings is 2. The molecule has 31 heavy (non-hydrogen) atoms. The van der Waals surface area contributed by atoms with Gasteiger partial charge in [0, 0.05) is 25.2 Å². The van der Waals surface area contributed by atoms with Crippen LogP contribution in [-0.4, -0.2) is 67.1 Å². The fourth-order valence-electron chi connectivity index (χ4n) is 4.79. The first-order valence-corrected chi connectivity index (χ1v) is 10.6. The number of rotatable bonds is 2. The molecule has 2 aromatic carbocycles. The van der Waals surface area contributed by atoms with Crippen molar-refractivity contribution in [2.75, 3.05) is 44.7 Å². The molecule has 5 rings (SSSR count). The van der Waals surface area contributed by atoms with Crippen LogP contribution in [0.3, 0.4) is 0 Å². The molecule has 0 saturated carbocycles. The van der Waals surface area contributed by atoms with E-state index in [2.05, 4.69) is 34.5 Å². The minimum atomic E-state index is -0.899. The number of urea groups is 1. The molecule has 1 atom stereocenters. The Morgan fingerprint density at radius 2 is 1.71 bits per heavy atom. The molecule has 2 saturated heterocycles. The molecular formula is C23H25F2N3O3. The van der Waals surface area contributed by atoms with Gasteiger partial charge in [-0.15, -0.1) is 0 Å². The zero-order valence-corrected chi connectivity index (χ0v) is 17.2. The van der Waals surface area contributed by atoms with Gasteiger partial charge in [0.15, 0.2) is 5.79 Å². The molecule has 164 valence electrons. The van der Waals surface area contributed by atoms with Gasteiger partial charge in [-0.1, -0.05) is 24.3 Å². The Hall–Kier alpha value is -2.55. The van der Waals surface area contributed by atoms with Crippen molar-refractivity contribution < 1.29 is 23.0 Å². The molecule has 3 aliphatic rings. The van der Waals surface area contributed by atoms with Crippen LogP contribution < -0.4 is 5.32 Å². The number of amides is 2. The summed E-state index contributed by atoms with van der Waals surface area (Å²) >= 11 is 0. The van der Waals surface area contributed by atoms with Gasteiger partial charge in [0.1, 0.15) is 11.6 Å². The van der Waals surface area contributed by atoms with Crippen LogP contribution in [0.4, 0.5) is 19.3 Å². The normalized spacial score (nSPS) is 24.4. The number of fused-ring (bicyclic) bond motifs is 1. The second kappa shape index (κ2) is 8.18. The van der Waals surface area contributed by atoms with Crippen LogP contribution in [0.1, 0.15) is 11.1 Å². The van der Waals surface area contributed by atoms with Gasteiger partial charge in [-0.25, -0.2) is 13.6 Å². The average Bonchev–Trinajstić information content (AvgIpc) is 3.20. The SMILES string of the molecule is O=C(Nc1ccc(F)cc1F)N1CCOC2(C1)CN(C1Cc3ccccc3C1)CCO2. The van der Waals surface area contributed by atoms with E-state index in [9.17, 15) is 13.6 Å². The number of nitrogens with one attached hydrogen (secondary N) is 1. The van der Waals surface area contributed by atoms with E-state index in [1.54, 1.807) is 4.90 Å². The zero-order chi connectivity index (χ0) is 21.4. The molecule has 0 radical (unpaired) electrons.